The number of nitrogens with zero attached hydrogens (tertiary/aromatic N) is 4. The van der Waals surface area contributed by atoms with Crippen LogP contribution in [0.4, 0.5) is 0 Å². The predicted molar refractivity (Wildman–Crippen MR) is 230 cm³/mol. The van der Waals surface area contributed by atoms with Gasteiger partial charge < -0.3 is 48.1 Å². The van der Waals surface area contributed by atoms with Crippen LogP contribution in [0.3, 0.4) is 0 Å². The van der Waals surface area contributed by atoms with Crippen LogP contribution in [0.1, 0.15) is 22.3 Å². The second kappa shape index (κ2) is 25.4. The van der Waals surface area contributed by atoms with Gasteiger partial charge in [0.2, 0.25) is 0 Å². The summed E-state index contributed by atoms with van der Waals surface area (Å²) >= 11 is 0. The van der Waals surface area contributed by atoms with Gasteiger partial charge in [0.1, 0.15) is 37.9 Å². The van der Waals surface area contributed by atoms with Crippen molar-refractivity contribution in [1.29, 1.82) is 0 Å². The molecule has 4 aromatic carbocycles. The molecular weight excluding hydrogens is 769 g/mol. The van der Waals surface area contributed by atoms with Crippen LogP contribution in [0.25, 0.3) is 0 Å². The van der Waals surface area contributed by atoms with Crippen LogP contribution in [-0.2, 0) is 32.0 Å². The number of hydrogen-bond acceptors (Lipinski definition) is 14. The fourth-order valence-corrected chi connectivity index (χ4v) is 6.51. The first-order chi connectivity index (χ1) is 29.6. The summed E-state index contributed by atoms with van der Waals surface area (Å²) in [5.41, 5.74) is 3.33. The molecule has 0 aromatic heterocycles. The van der Waals surface area contributed by atoms with E-state index in [2.05, 4.69) is 19.8 Å². The maximum absolute atomic E-state index is 10.6. The van der Waals surface area contributed by atoms with Crippen LogP contribution < -0.4 is 18.9 Å². The van der Waals surface area contributed by atoms with Gasteiger partial charge in [-0.25, -0.2) is 0 Å². The van der Waals surface area contributed by atoms with Gasteiger partial charge in [0.05, 0.1) is 65.9 Å². The Morgan fingerprint density at radius 3 is 1.10 bits per heavy atom. The molecule has 0 saturated carbocycles. The number of fused-ring (bicyclic) bond motifs is 2. The lowest BCUT2D eigenvalue weighted by atomic mass is 10.1. The highest BCUT2D eigenvalue weighted by Gasteiger charge is 2.13. The van der Waals surface area contributed by atoms with Crippen molar-refractivity contribution < 1.29 is 48.1 Å². The van der Waals surface area contributed by atoms with Crippen molar-refractivity contribution in [1.82, 2.24) is 9.80 Å². The van der Waals surface area contributed by atoms with E-state index in [1.54, 1.807) is 24.6 Å². The fraction of sp³-hybridized carbons (Fsp3) is 0.435. The van der Waals surface area contributed by atoms with Crippen molar-refractivity contribution in [2.45, 2.75) is 13.1 Å². The molecule has 4 aromatic rings. The first-order valence-corrected chi connectivity index (χ1v) is 20.7. The summed E-state index contributed by atoms with van der Waals surface area (Å²) in [4.78, 5) is 13.6. The Morgan fingerprint density at radius 1 is 0.433 bits per heavy atom. The Hall–Kier alpha value is -5.22. The van der Waals surface area contributed by atoms with Gasteiger partial charge in [-0.3, -0.25) is 19.8 Å². The van der Waals surface area contributed by atoms with Crippen molar-refractivity contribution in [3.8, 4) is 34.5 Å². The van der Waals surface area contributed by atoms with E-state index in [1.807, 2.05) is 72.8 Å². The lowest BCUT2D eigenvalue weighted by Crippen LogP contribution is -2.31. The van der Waals surface area contributed by atoms with Crippen molar-refractivity contribution in [3.05, 3.63) is 107 Å². The lowest BCUT2D eigenvalue weighted by molar-refractivity contribution is 0.0574. The molecule has 0 amide bonds. The highest BCUT2D eigenvalue weighted by atomic mass is 16.6. The summed E-state index contributed by atoms with van der Waals surface area (Å²) in [6, 6.07) is 26.4. The molecule has 2 N–H and O–H groups in total. The average molecular weight is 827 g/mol. The molecule has 0 saturated heterocycles. The molecule has 14 nitrogen and oxygen atoms in total. The predicted octanol–water partition coefficient (Wildman–Crippen LogP) is 5.25. The maximum atomic E-state index is 10.6. The zero-order chi connectivity index (χ0) is 41.5. The molecular formula is C46H58N4O10. The standard InChI is InChI=1S/C46H58N4O10/c51-41-11-9-37(35-49-15-19-53-23-27-57-43-5-1-2-6-44(43)58-28-24-54-20-16-49)31-39(41)33-47-13-14-48-34-40-32-38(10-12-42(40)52)36-50-17-21-55-25-29-59-45-7-3-4-8-46(45)60-30-26-56-22-18-50/h1-12,31-34,51-52H,13-30,35-36H2. The minimum absolute atomic E-state index is 0.156. The highest BCUT2D eigenvalue weighted by molar-refractivity contribution is 5.84. The van der Waals surface area contributed by atoms with E-state index < -0.39 is 0 Å². The molecule has 2 heterocycles. The minimum Gasteiger partial charge on any atom is -0.507 e. The van der Waals surface area contributed by atoms with Gasteiger partial charge >= 0.3 is 0 Å². The SMILES string of the molecule is Oc1ccc(CN2CCOCCOc3ccccc3OCCOCC2)cc1C=NCCN=Cc1cc(CN2CCOCCOc3ccccc3OCCOCC2)ccc1O. The number of ether oxygens (including phenoxy) is 8. The Bertz CT molecular complexity index is 1720. The topological polar surface area (TPSA) is 146 Å². The minimum atomic E-state index is 0.156. The van der Waals surface area contributed by atoms with Gasteiger partial charge in [-0.1, -0.05) is 36.4 Å². The second-order valence-corrected chi connectivity index (χ2v) is 14.1. The Labute approximate surface area is 352 Å². The molecule has 0 radical (unpaired) electrons. The second-order valence-electron chi connectivity index (χ2n) is 14.1. The normalized spacial score (nSPS) is 17.7. The van der Waals surface area contributed by atoms with Crippen molar-refractivity contribution >= 4 is 12.4 Å². The third kappa shape index (κ3) is 15.4. The maximum Gasteiger partial charge on any atom is 0.161 e. The molecule has 60 heavy (non-hydrogen) atoms. The third-order valence-corrected chi connectivity index (χ3v) is 9.66. The summed E-state index contributed by atoms with van der Waals surface area (Å²) < 4.78 is 47.0. The van der Waals surface area contributed by atoms with Gasteiger partial charge in [-0.15, -0.1) is 0 Å². The lowest BCUT2D eigenvalue weighted by Gasteiger charge is -2.22. The van der Waals surface area contributed by atoms with Gasteiger partial charge in [0.15, 0.2) is 23.0 Å². The van der Waals surface area contributed by atoms with E-state index in [4.69, 9.17) is 37.9 Å². The Kier molecular flexibility index (Phi) is 18.8. The van der Waals surface area contributed by atoms with E-state index in [9.17, 15) is 10.2 Å². The average Bonchev–Trinajstić information content (AvgIpc) is 3.27. The van der Waals surface area contributed by atoms with Crippen LogP contribution >= 0.6 is 0 Å². The van der Waals surface area contributed by atoms with Gasteiger partial charge in [-0.2, -0.15) is 0 Å². The van der Waals surface area contributed by atoms with E-state index in [0.717, 1.165) is 11.1 Å². The first-order valence-electron chi connectivity index (χ1n) is 20.7. The number of phenols is 2. The molecule has 14 heteroatoms. The van der Waals surface area contributed by atoms with Crippen molar-refractivity contribution in [2.24, 2.45) is 9.98 Å². The monoisotopic (exact) mass is 826 g/mol. The quantitative estimate of drug-likeness (QED) is 0.168. The van der Waals surface area contributed by atoms with Crippen LogP contribution in [0.15, 0.2) is 94.9 Å². The third-order valence-electron chi connectivity index (χ3n) is 9.66. The van der Waals surface area contributed by atoms with E-state index in [0.29, 0.717) is 166 Å². The smallest absolute Gasteiger partial charge is 0.161 e. The molecule has 322 valence electrons. The fourth-order valence-electron chi connectivity index (χ4n) is 6.51. The Balaban J connectivity index is 0.953. The molecule has 0 fully saturated rings. The van der Waals surface area contributed by atoms with Gasteiger partial charge in [-0.05, 0) is 59.7 Å². The van der Waals surface area contributed by atoms with Crippen LogP contribution in [0, 0.1) is 0 Å². The number of para-hydroxylation sites is 4. The number of aromatic hydroxyl groups is 2. The van der Waals surface area contributed by atoms with Crippen LogP contribution in [0.2, 0.25) is 0 Å². The van der Waals surface area contributed by atoms with Crippen molar-refractivity contribution in [3.63, 3.8) is 0 Å². The number of hydrogen-bond donors (Lipinski definition) is 2. The number of phenolic OH excluding ortho intramolecular Hbond substituents is 2. The van der Waals surface area contributed by atoms with Gasteiger partial charge in [0.25, 0.3) is 0 Å². The molecule has 6 rings (SSSR count). The summed E-state index contributed by atoms with van der Waals surface area (Å²) in [6.07, 6.45) is 3.36. The Morgan fingerprint density at radius 2 is 0.767 bits per heavy atom. The number of benzene rings is 4. The van der Waals surface area contributed by atoms with E-state index >= 15 is 0 Å². The van der Waals surface area contributed by atoms with E-state index in [1.165, 1.54) is 0 Å². The summed E-state index contributed by atoms with van der Waals surface area (Å²) in [6.45, 7) is 10.7. The molecule has 2 aliphatic rings. The van der Waals surface area contributed by atoms with Gasteiger partial charge in [0, 0.05) is 62.8 Å². The molecule has 0 atom stereocenters. The molecule has 2 aliphatic heterocycles. The van der Waals surface area contributed by atoms with Crippen LogP contribution in [0.5, 0.6) is 34.5 Å². The van der Waals surface area contributed by atoms with E-state index in [-0.39, 0.29) is 11.5 Å². The molecule has 0 bridgehead atoms. The number of rotatable bonds is 9. The zero-order valence-corrected chi connectivity index (χ0v) is 34.3. The largest absolute Gasteiger partial charge is 0.507 e. The molecule has 0 spiro atoms. The molecule has 0 unspecified atom stereocenters. The summed E-state index contributed by atoms with van der Waals surface area (Å²) in [7, 11) is 0. The highest BCUT2D eigenvalue weighted by Crippen LogP contribution is 2.27. The van der Waals surface area contributed by atoms with Crippen LogP contribution in [-0.4, -0.2) is 151 Å². The zero-order valence-electron chi connectivity index (χ0n) is 34.3. The molecule has 0 aliphatic carbocycles. The number of aliphatic imine (C=N–C) groups is 2. The summed E-state index contributed by atoms with van der Waals surface area (Å²) in [5.74, 6) is 3.09. The van der Waals surface area contributed by atoms with Crippen molar-refractivity contribution in [2.75, 3.05) is 119 Å². The summed E-state index contributed by atoms with van der Waals surface area (Å²) in [5, 5.41) is 21.2. The first kappa shape index (κ1) is 44.3.